The lowest BCUT2D eigenvalue weighted by molar-refractivity contribution is -0.383. The van der Waals surface area contributed by atoms with E-state index in [2.05, 4.69) is 10.3 Å². The van der Waals surface area contributed by atoms with Crippen LogP contribution in [0.15, 0.2) is 60.9 Å². The van der Waals surface area contributed by atoms with Crippen molar-refractivity contribution in [3.8, 4) is 0 Å². The number of ether oxygens (including phenoxy) is 1. The van der Waals surface area contributed by atoms with Crippen molar-refractivity contribution in [3.63, 3.8) is 0 Å². The summed E-state index contributed by atoms with van der Waals surface area (Å²) in [5.41, 5.74) is 1.22. The van der Waals surface area contributed by atoms with Gasteiger partial charge in [0, 0.05) is 23.8 Å². The highest BCUT2D eigenvalue weighted by molar-refractivity contribution is 6.03. The molecule has 3 rings (SSSR count). The van der Waals surface area contributed by atoms with Crippen molar-refractivity contribution in [1.29, 1.82) is 0 Å². The third-order valence-corrected chi connectivity index (χ3v) is 3.44. The predicted molar refractivity (Wildman–Crippen MR) is 88.6 cm³/mol. The highest BCUT2D eigenvalue weighted by Gasteiger charge is 2.15. The molecule has 1 heterocycles. The summed E-state index contributed by atoms with van der Waals surface area (Å²) in [6.07, 6.45) is 2.27. The third-order valence-electron chi connectivity index (χ3n) is 3.44. The van der Waals surface area contributed by atoms with Gasteiger partial charge in [0.2, 0.25) is 0 Å². The number of hydrogen-bond donors (Lipinski definition) is 1. The molecule has 1 aromatic heterocycles. The number of fused-ring (bicyclic) bond motifs is 1. The molecule has 24 heavy (non-hydrogen) atoms. The molecule has 7 nitrogen and oxygen atoms in total. The molecule has 0 saturated heterocycles. The first kappa shape index (κ1) is 15.4. The van der Waals surface area contributed by atoms with Gasteiger partial charge in [0.1, 0.15) is 6.61 Å². The Balaban J connectivity index is 1.79. The highest BCUT2D eigenvalue weighted by atomic mass is 16.6. The normalized spacial score (nSPS) is 10.3. The Bertz CT molecular complexity index is 897. The number of carbonyl (C=O) groups is 1. The van der Waals surface area contributed by atoms with Crippen LogP contribution in [-0.4, -0.2) is 16.0 Å². The average Bonchev–Trinajstić information content (AvgIpc) is 2.61. The van der Waals surface area contributed by atoms with Gasteiger partial charge in [-0.15, -0.1) is 0 Å². The van der Waals surface area contributed by atoms with Crippen LogP contribution in [0, 0.1) is 10.1 Å². The Morgan fingerprint density at radius 1 is 1.12 bits per heavy atom. The zero-order valence-electron chi connectivity index (χ0n) is 12.5. The lowest BCUT2D eigenvalue weighted by atomic mass is 10.1. The summed E-state index contributed by atoms with van der Waals surface area (Å²) in [6, 6.07) is 13.7. The summed E-state index contributed by atoms with van der Waals surface area (Å²) in [5, 5.41) is 14.6. The molecule has 0 radical (unpaired) electrons. The van der Waals surface area contributed by atoms with Gasteiger partial charge in [-0.25, -0.2) is 4.79 Å². The second-order valence-electron chi connectivity index (χ2n) is 5.00. The molecule has 0 aliphatic rings. The van der Waals surface area contributed by atoms with E-state index in [0.717, 1.165) is 5.56 Å². The van der Waals surface area contributed by atoms with Crippen molar-refractivity contribution in [2.24, 2.45) is 0 Å². The molecule has 0 spiro atoms. The van der Waals surface area contributed by atoms with Crippen LogP contribution in [0.1, 0.15) is 5.56 Å². The zero-order valence-corrected chi connectivity index (χ0v) is 12.5. The second kappa shape index (κ2) is 6.74. The number of carbonyl (C=O) groups excluding carboxylic acids is 1. The van der Waals surface area contributed by atoms with E-state index in [0.29, 0.717) is 16.5 Å². The smallest absolute Gasteiger partial charge is 0.411 e. The standard InChI is InChI=1S/C17H13N3O4/c21-17(24-11-12-4-2-1-3-5-12)19-15-6-7-16(20(22)23)14-10-18-9-8-13(14)15/h1-10H,11H2,(H,19,21). The summed E-state index contributed by atoms with van der Waals surface area (Å²) in [7, 11) is 0. The number of nitro benzene ring substituents is 1. The van der Waals surface area contributed by atoms with E-state index in [4.69, 9.17) is 4.74 Å². The summed E-state index contributed by atoms with van der Waals surface area (Å²) in [4.78, 5) is 26.5. The molecule has 7 heteroatoms. The molecule has 2 aromatic carbocycles. The first-order valence-corrected chi connectivity index (χ1v) is 7.14. The fourth-order valence-electron chi connectivity index (χ4n) is 2.31. The molecule has 0 atom stereocenters. The minimum absolute atomic E-state index is 0.0682. The van der Waals surface area contributed by atoms with Gasteiger partial charge in [-0.2, -0.15) is 0 Å². The number of anilines is 1. The lowest BCUT2D eigenvalue weighted by Gasteiger charge is -2.09. The number of nitro groups is 1. The summed E-state index contributed by atoms with van der Waals surface area (Å²) in [5.74, 6) is 0. The van der Waals surface area contributed by atoms with Gasteiger partial charge in [-0.3, -0.25) is 20.4 Å². The SMILES string of the molecule is O=C(Nc1ccc([N+](=O)[O-])c2cnccc12)OCc1ccccc1. The Morgan fingerprint density at radius 3 is 2.67 bits per heavy atom. The summed E-state index contributed by atoms with van der Waals surface area (Å²) < 4.78 is 5.16. The zero-order chi connectivity index (χ0) is 16.9. The number of hydrogen-bond acceptors (Lipinski definition) is 5. The summed E-state index contributed by atoms with van der Waals surface area (Å²) >= 11 is 0. The van der Waals surface area contributed by atoms with Crippen molar-refractivity contribution >= 4 is 28.2 Å². The van der Waals surface area contributed by atoms with E-state index in [1.807, 2.05) is 30.3 Å². The van der Waals surface area contributed by atoms with Crippen molar-refractivity contribution in [2.45, 2.75) is 6.61 Å². The van der Waals surface area contributed by atoms with Crippen LogP contribution in [0.2, 0.25) is 0 Å². The number of benzene rings is 2. The molecule has 1 N–H and O–H groups in total. The Morgan fingerprint density at radius 2 is 1.92 bits per heavy atom. The maximum Gasteiger partial charge on any atom is 0.411 e. The predicted octanol–water partition coefficient (Wildman–Crippen LogP) is 3.89. The molecule has 0 fully saturated rings. The minimum Gasteiger partial charge on any atom is -0.444 e. The molecular weight excluding hydrogens is 310 g/mol. The van der Waals surface area contributed by atoms with E-state index in [9.17, 15) is 14.9 Å². The van der Waals surface area contributed by atoms with Gasteiger partial charge in [0.05, 0.1) is 16.0 Å². The maximum absolute atomic E-state index is 12.0. The topological polar surface area (TPSA) is 94.4 Å². The van der Waals surface area contributed by atoms with E-state index >= 15 is 0 Å². The molecule has 0 aliphatic heterocycles. The van der Waals surface area contributed by atoms with Gasteiger partial charge in [-0.05, 0) is 17.7 Å². The molecule has 0 bridgehead atoms. The highest BCUT2D eigenvalue weighted by Crippen LogP contribution is 2.30. The Kier molecular flexibility index (Phi) is 4.33. The van der Waals surface area contributed by atoms with Gasteiger partial charge in [0.25, 0.3) is 5.69 Å². The average molecular weight is 323 g/mol. The third kappa shape index (κ3) is 3.30. The van der Waals surface area contributed by atoms with Gasteiger partial charge in [-0.1, -0.05) is 30.3 Å². The first-order chi connectivity index (χ1) is 11.6. The molecule has 120 valence electrons. The van der Waals surface area contributed by atoms with Gasteiger partial charge < -0.3 is 4.74 Å². The minimum atomic E-state index is -0.634. The molecule has 1 amide bonds. The van der Waals surface area contributed by atoms with Crippen molar-refractivity contribution < 1.29 is 14.5 Å². The molecule has 0 saturated carbocycles. The quantitative estimate of drug-likeness (QED) is 0.580. The molecule has 0 aliphatic carbocycles. The van der Waals surface area contributed by atoms with Crippen LogP contribution in [0.3, 0.4) is 0 Å². The van der Waals surface area contributed by atoms with E-state index in [-0.39, 0.29) is 12.3 Å². The van der Waals surface area contributed by atoms with Gasteiger partial charge in [0.15, 0.2) is 0 Å². The fraction of sp³-hybridized carbons (Fsp3) is 0.0588. The van der Waals surface area contributed by atoms with E-state index < -0.39 is 11.0 Å². The lowest BCUT2D eigenvalue weighted by Crippen LogP contribution is -2.13. The van der Waals surface area contributed by atoms with Crippen LogP contribution >= 0.6 is 0 Å². The number of non-ortho nitro benzene ring substituents is 1. The number of pyridine rings is 1. The van der Waals surface area contributed by atoms with Crippen LogP contribution in [-0.2, 0) is 11.3 Å². The summed E-state index contributed by atoms with van der Waals surface area (Å²) in [6.45, 7) is 0.138. The largest absolute Gasteiger partial charge is 0.444 e. The second-order valence-corrected chi connectivity index (χ2v) is 5.00. The molecule has 0 unspecified atom stereocenters. The number of rotatable bonds is 4. The van der Waals surface area contributed by atoms with E-state index in [1.54, 1.807) is 6.07 Å². The molecular formula is C17H13N3O4. The molecule has 3 aromatic rings. The van der Waals surface area contributed by atoms with Crippen molar-refractivity contribution in [2.75, 3.05) is 5.32 Å². The first-order valence-electron chi connectivity index (χ1n) is 7.14. The number of amides is 1. The van der Waals surface area contributed by atoms with E-state index in [1.165, 1.54) is 24.5 Å². The Hall–Kier alpha value is -3.48. The monoisotopic (exact) mass is 323 g/mol. The number of nitrogens with one attached hydrogen (secondary N) is 1. The van der Waals surface area contributed by atoms with Crippen LogP contribution in [0.5, 0.6) is 0 Å². The van der Waals surface area contributed by atoms with Crippen molar-refractivity contribution in [1.82, 2.24) is 4.98 Å². The van der Waals surface area contributed by atoms with Crippen LogP contribution < -0.4 is 5.32 Å². The number of aromatic nitrogens is 1. The number of nitrogens with zero attached hydrogens (tertiary/aromatic N) is 2. The van der Waals surface area contributed by atoms with Crippen LogP contribution in [0.25, 0.3) is 10.8 Å². The fourth-order valence-corrected chi connectivity index (χ4v) is 2.31. The van der Waals surface area contributed by atoms with Crippen molar-refractivity contribution in [3.05, 3.63) is 76.6 Å². The maximum atomic E-state index is 12.0. The Labute approximate surface area is 137 Å². The van der Waals surface area contributed by atoms with Crippen LogP contribution in [0.4, 0.5) is 16.2 Å². The van der Waals surface area contributed by atoms with Gasteiger partial charge >= 0.3 is 6.09 Å².